The van der Waals surface area contributed by atoms with E-state index in [9.17, 15) is 72.3 Å². The number of carbonyl (C=O) groups is 12. The van der Waals surface area contributed by atoms with E-state index in [0.717, 1.165) is 141 Å². The fourth-order valence-electron chi connectivity index (χ4n) is 26.5. The number of aliphatic hydroxyl groups excluding tert-OH is 2. The number of aldehydes is 1. The molecule has 14 amide bonds. The molecule has 6 saturated carbocycles. The van der Waals surface area contributed by atoms with Crippen molar-refractivity contribution >= 4 is 72.2 Å². The zero-order chi connectivity index (χ0) is 108. The molecule has 13 aliphatic rings. The molecule has 37 heteroatoms. The van der Waals surface area contributed by atoms with Crippen LogP contribution in [0.4, 0.5) is 33.2 Å². The Morgan fingerprint density at radius 2 is 0.705 bits per heavy atom. The number of hydrogen-bond donors (Lipinski definition) is 5. The SMILES string of the molecule is CN(C)C(=O)N1C[C@@H]2CC(C#N)(Cc3ccccc3)C[C@@H]2C1.CN(C)C(=O)N1C[C@@H]2CC(C=O)(Cc3ccccc3)C[C@@H]2C1.CN(C)C(=O)N1C[C@@H]2CC(Cc3ccccc3)(C(=O)N=[N+]=[N-])C[C@@H]2C1.CN(C)C(=O)N1C[C@@H]2CC(Cc3ccccc3)(C(=O)O)C[C@@H]2C1.CN(C)C(=O)N1C[C@H]2CC(C#N)C[C@H]2C1.O=C(O)C(O)C(O)C(=O)O.[C-]#[N+][C@@H]1C[C@H](F)CN1C(=O)CCC1(Cc2ccccc2)C[C@H]2CN(C(=O)N(C)C)C[C@H]2C1. The highest BCUT2D eigenvalue weighted by Crippen LogP contribution is 2.57. The Morgan fingerprint density at radius 3 is 1.00 bits per heavy atom. The Morgan fingerprint density at radius 1 is 0.416 bits per heavy atom. The summed E-state index contributed by atoms with van der Waals surface area (Å²) in [6.45, 7) is 16.5. The van der Waals surface area contributed by atoms with E-state index in [1.165, 1.54) is 27.9 Å². The second kappa shape index (κ2) is 50.3. The number of benzene rings is 5. The maximum Gasteiger partial charge on any atom is 0.335 e. The van der Waals surface area contributed by atoms with Gasteiger partial charge < -0.3 is 89.1 Å². The summed E-state index contributed by atoms with van der Waals surface area (Å²) >= 11 is 0. The van der Waals surface area contributed by atoms with Crippen molar-refractivity contribution in [1.82, 2.24) is 63.7 Å². The van der Waals surface area contributed by atoms with Crippen LogP contribution in [-0.4, -0.2) is 356 Å². The van der Waals surface area contributed by atoms with Gasteiger partial charge in [-0.15, -0.1) is 0 Å². The molecule has 18 rings (SSSR count). The molecule has 5 aromatic rings. The number of amides is 14. The van der Waals surface area contributed by atoms with Gasteiger partial charge in [-0.2, -0.15) is 10.5 Å². The molecule has 0 spiro atoms. The van der Waals surface area contributed by atoms with Gasteiger partial charge in [0.1, 0.15) is 12.5 Å². The number of alkyl halides is 1. The van der Waals surface area contributed by atoms with Crippen molar-refractivity contribution in [3.05, 3.63) is 201 Å². The molecule has 8 unspecified atom stereocenters. The van der Waals surface area contributed by atoms with E-state index in [0.29, 0.717) is 130 Å². The van der Waals surface area contributed by atoms with Crippen LogP contribution < -0.4 is 0 Å². The smallest absolute Gasteiger partial charge is 0.335 e. The first-order chi connectivity index (χ1) is 70.8. The quantitative estimate of drug-likeness (QED) is 0.0168. The van der Waals surface area contributed by atoms with Crippen molar-refractivity contribution in [2.24, 2.45) is 109 Å². The average molecular weight is 2050 g/mol. The van der Waals surface area contributed by atoms with Gasteiger partial charge in [0.15, 0.2) is 12.2 Å². The first-order valence-electron chi connectivity index (χ1n) is 52.0. The molecular formula is C112H150FN19O17. The highest BCUT2D eigenvalue weighted by Gasteiger charge is 2.58. The Balaban J connectivity index is 0.000000157. The summed E-state index contributed by atoms with van der Waals surface area (Å²) in [6.07, 6.45) is 10.1. The van der Waals surface area contributed by atoms with Crippen LogP contribution in [-0.2, 0) is 60.9 Å². The summed E-state index contributed by atoms with van der Waals surface area (Å²) in [6, 6.07) is 56.0. The summed E-state index contributed by atoms with van der Waals surface area (Å²) < 4.78 is 13.8. The first kappa shape index (κ1) is 114. The Bertz CT molecular complexity index is 5560. The van der Waals surface area contributed by atoms with Gasteiger partial charge in [0.2, 0.25) is 11.8 Å². The standard InChI is InChI=1S/C25H33FN4O2.C18H23N5O2.C18H23N3O.C18H24N2O3.C18H24N2O2.C11H17N3O.C4H6O6/c1-27-22-11-21(26)17-30(22)23(31)9-10-25(12-18-7-5-4-6-8-18)13-19-15-29(16-20(19)14-25)24(32)28(2)3;1-22(2)17(25)23-11-14-9-18(10-15(14)12-23,16(24)20-21-19)8-13-6-4-3-5-7-13;1-20(2)17(22)21-11-15-9-18(13-19,10-16(15)12-21)8-14-6-4-3-5-7-14;1-19(2)17(23)20-11-14-9-18(16(21)22,10-15(14)12-20)8-13-6-4-3-5-7-13;1-19(2)17(22)20-11-15-9-18(13-21,10-16(15)12-20)8-14-6-4-3-5-7-14;1-13(2)11(15)14-6-9-3-8(5-12)4-10(9)7-14;5-1(3(7)8)2(6)4(9)10/h4-8,19-22H,9-17H2,2-3H3;3-7,14-15H,8-12H2,1-2H3;3-7,15-16H,8-12H2,1-2H3;3-7,14-15H,8-12H2,1-2H3,(H,21,22);3-7,13,15-16H,8-12H2,1-2H3;8-10H,3-4,6-7H2,1-2H3;1-2,5-6H,(H,7,8)(H,9,10)/t19-,20+,21-,22-,25?;14-,15+,18?;15-,16+,18?;14-,15+,18?;15-,16+,18?;8?,9-,10+;/m0....../s1. The number of urea groups is 6. The molecular weight excluding hydrogens is 1900 g/mol. The number of nitrogens with zero attached hydrogens (tertiary/aromatic N) is 19. The molecule has 0 aromatic heterocycles. The lowest BCUT2D eigenvalue weighted by molar-refractivity contribution is -0.165. The molecule has 0 radical (unpaired) electrons. The van der Waals surface area contributed by atoms with Crippen molar-refractivity contribution in [1.29, 1.82) is 10.5 Å². The van der Waals surface area contributed by atoms with Crippen molar-refractivity contribution in [3.8, 4) is 12.1 Å². The number of rotatable bonds is 19. The molecule has 22 atom stereocenters. The van der Waals surface area contributed by atoms with E-state index in [4.69, 9.17) is 37.8 Å². The van der Waals surface area contributed by atoms with Crippen LogP contribution in [0.5, 0.6) is 0 Å². The monoisotopic (exact) mass is 2050 g/mol. The van der Waals surface area contributed by atoms with Gasteiger partial charge in [0.25, 0.3) is 0 Å². The molecule has 0 bridgehead atoms. The summed E-state index contributed by atoms with van der Waals surface area (Å²) in [7, 11) is 21.4. The topological polar surface area (TPSA) is 449 Å². The third-order valence-corrected chi connectivity index (χ3v) is 33.3. The zero-order valence-corrected chi connectivity index (χ0v) is 88.2. The Hall–Kier alpha value is -13.4. The second-order valence-corrected chi connectivity index (χ2v) is 45.6. The van der Waals surface area contributed by atoms with Gasteiger partial charge in [0, 0.05) is 191 Å². The molecule has 5 N–H and O–H groups in total. The number of carboxylic acid groups (broad SMARTS) is 3. The Kier molecular flexibility index (Phi) is 38.5. The first-order valence-corrected chi connectivity index (χ1v) is 52.0. The van der Waals surface area contributed by atoms with Crippen molar-refractivity contribution in [2.45, 2.75) is 153 Å². The molecule has 802 valence electrons. The molecule has 13 fully saturated rings. The molecule has 7 heterocycles. The highest BCUT2D eigenvalue weighted by atomic mass is 19.1. The fourth-order valence-corrected chi connectivity index (χ4v) is 26.5. The second-order valence-electron chi connectivity index (χ2n) is 45.6. The van der Waals surface area contributed by atoms with Crippen LogP contribution in [0.3, 0.4) is 0 Å². The van der Waals surface area contributed by atoms with E-state index in [1.807, 2.05) is 145 Å². The van der Waals surface area contributed by atoms with Crippen LogP contribution in [0.2, 0.25) is 0 Å². The predicted molar refractivity (Wildman–Crippen MR) is 555 cm³/mol. The van der Waals surface area contributed by atoms with Crippen molar-refractivity contribution in [3.63, 3.8) is 0 Å². The van der Waals surface area contributed by atoms with Crippen LogP contribution in [0.1, 0.15) is 124 Å². The number of hydrogen-bond acceptors (Lipinski definition) is 16. The number of fused-ring (bicyclic) bond motifs is 6. The van der Waals surface area contributed by atoms with Crippen LogP contribution in [0, 0.1) is 133 Å². The molecule has 6 aliphatic carbocycles. The molecule has 149 heavy (non-hydrogen) atoms. The van der Waals surface area contributed by atoms with Gasteiger partial charge in [0.05, 0.1) is 35.9 Å². The average Bonchev–Trinajstić information content (AvgIpc) is 1.59. The minimum atomic E-state index is -2.27. The lowest BCUT2D eigenvalue weighted by atomic mass is 9.75. The highest BCUT2D eigenvalue weighted by molar-refractivity contribution is 5.85. The van der Waals surface area contributed by atoms with Crippen molar-refractivity contribution < 1.29 is 87.5 Å². The number of nitriles is 2. The molecule has 5 aromatic carbocycles. The number of likely N-dealkylation sites (tertiary alicyclic amines) is 7. The van der Waals surface area contributed by atoms with Gasteiger partial charge in [-0.05, 0) is 230 Å². The third kappa shape index (κ3) is 28.4. The number of halogens is 1. The van der Waals surface area contributed by atoms with Gasteiger partial charge in [-0.3, -0.25) is 24.1 Å². The van der Waals surface area contributed by atoms with E-state index in [2.05, 4.69) is 63.4 Å². The normalized spacial score (nSPS) is 29.2. The minimum Gasteiger partial charge on any atom is -0.481 e. The fraction of sp³-hybridized carbons (Fsp3) is 0.598. The maximum absolute atomic E-state index is 13.8. The predicted octanol–water partition coefficient (Wildman–Crippen LogP) is 13.5. The van der Waals surface area contributed by atoms with Gasteiger partial charge in [-0.1, -0.05) is 152 Å². The molecule has 7 saturated heterocycles. The molecule has 36 nitrogen and oxygen atoms in total. The van der Waals surface area contributed by atoms with Gasteiger partial charge >= 0.3 is 60.3 Å². The van der Waals surface area contributed by atoms with E-state index >= 15 is 0 Å². The van der Waals surface area contributed by atoms with E-state index in [1.54, 1.807) is 114 Å². The number of azide groups is 1. The van der Waals surface area contributed by atoms with Gasteiger partial charge in [-0.25, -0.2) is 49.3 Å². The van der Waals surface area contributed by atoms with Crippen LogP contribution >= 0.6 is 0 Å². The number of aliphatic carboxylic acids is 3. The number of carboxylic acids is 3. The lowest BCUT2D eigenvalue weighted by Gasteiger charge is -2.32. The van der Waals surface area contributed by atoms with E-state index in [-0.39, 0.29) is 95.0 Å². The minimum absolute atomic E-state index is 0.00203. The Labute approximate surface area is 874 Å². The van der Waals surface area contributed by atoms with Crippen LogP contribution in [0.25, 0.3) is 15.3 Å². The van der Waals surface area contributed by atoms with E-state index < -0.39 is 53.3 Å². The zero-order valence-electron chi connectivity index (χ0n) is 88.2. The third-order valence-electron chi connectivity index (χ3n) is 33.3. The summed E-state index contributed by atoms with van der Waals surface area (Å²) in [5.41, 5.74) is 12.8. The molecule has 7 aliphatic heterocycles. The number of aliphatic hydroxyl groups is 2. The van der Waals surface area contributed by atoms with Crippen LogP contribution in [0.15, 0.2) is 157 Å². The lowest BCUT2D eigenvalue weighted by Crippen LogP contribution is -2.40. The number of carbonyl (C=O) groups excluding carboxylic acids is 9. The summed E-state index contributed by atoms with van der Waals surface area (Å²) in [4.78, 5) is 170. The maximum atomic E-state index is 13.8. The largest absolute Gasteiger partial charge is 0.481 e. The summed E-state index contributed by atoms with van der Waals surface area (Å²) in [5.74, 6) is 0.661. The summed E-state index contributed by atoms with van der Waals surface area (Å²) in [5, 5.41) is 64.4. The van der Waals surface area contributed by atoms with Crippen molar-refractivity contribution in [2.75, 3.05) is 170 Å².